The fourth-order valence-corrected chi connectivity index (χ4v) is 0.527. The molecule has 1 aromatic heterocycles. The molecule has 0 N–H and O–H groups in total. The largest absolute Gasteiger partial charge is 0.253 e. The third kappa shape index (κ3) is 121. The van der Waals surface area contributed by atoms with E-state index < -0.39 is 0 Å². The molecule has 0 atom stereocenters. The van der Waals surface area contributed by atoms with Crippen LogP contribution in [0.2, 0.25) is 0 Å². The first-order chi connectivity index (χ1) is 7.50. The van der Waals surface area contributed by atoms with Crippen molar-refractivity contribution in [1.82, 2.24) is 4.98 Å². The van der Waals surface area contributed by atoms with Crippen molar-refractivity contribution >= 4 is 11.3 Å². The summed E-state index contributed by atoms with van der Waals surface area (Å²) >= 11 is 1.60. The van der Waals surface area contributed by atoms with E-state index in [2.05, 4.69) is 38.2 Å². The molecule has 1 heterocycles. The molecule has 0 aromatic carbocycles. The third-order valence-electron chi connectivity index (χ3n) is 0.347. The number of rotatable bonds is 0. The predicted octanol–water partition coefficient (Wildman–Crippen LogP) is 0.953. The number of thiazole rings is 1. The standard InChI is InChI=1S/C3H3NS.5CO.Cr/c1-2-5-3-4-1;5*1-2;/h1-3H;;;;;;. The molecule has 0 aliphatic rings. The molecule has 6 nitrogen and oxygen atoms in total. The summed E-state index contributed by atoms with van der Waals surface area (Å²) in [5, 5.41) is 1.93. The van der Waals surface area contributed by atoms with Crippen molar-refractivity contribution < 1.29 is 40.6 Å². The van der Waals surface area contributed by atoms with Crippen molar-refractivity contribution in [3.8, 4) is 0 Å². The minimum absolute atomic E-state index is 0. The Morgan fingerprint density at radius 1 is 0.750 bits per heavy atom. The Labute approximate surface area is 107 Å². The maximum atomic E-state index is 7.50. The van der Waals surface area contributed by atoms with Crippen LogP contribution in [0.15, 0.2) is 17.1 Å². The molecule has 0 saturated heterocycles. The van der Waals surface area contributed by atoms with Crippen molar-refractivity contribution in [1.29, 1.82) is 0 Å². The fraction of sp³-hybridized carbons (Fsp3) is 0. The minimum atomic E-state index is 0. The zero-order chi connectivity index (χ0) is 13.5. The van der Waals surface area contributed by atoms with Crippen LogP contribution >= 0.6 is 11.3 Å². The molecule has 8 heteroatoms. The summed E-state index contributed by atoms with van der Waals surface area (Å²) in [6.07, 6.45) is 1.77. The van der Waals surface area contributed by atoms with E-state index in [9.17, 15) is 0 Å². The van der Waals surface area contributed by atoms with Gasteiger partial charge >= 0.3 is 56.5 Å². The monoisotopic (exact) mass is 277 g/mol. The van der Waals surface area contributed by atoms with Gasteiger partial charge < -0.3 is 0 Å². The van der Waals surface area contributed by atoms with Crippen LogP contribution in [0.3, 0.4) is 0 Å². The van der Waals surface area contributed by atoms with Crippen LogP contribution in [-0.4, -0.2) is 4.98 Å². The van der Waals surface area contributed by atoms with Crippen LogP contribution in [0.1, 0.15) is 0 Å². The summed E-state index contributed by atoms with van der Waals surface area (Å²) in [6, 6.07) is 0. The van der Waals surface area contributed by atoms with Gasteiger partial charge in [-0.15, -0.1) is 11.3 Å². The van der Waals surface area contributed by atoms with Crippen molar-refractivity contribution in [3.63, 3.8) is 0 Å². The van der Waals surface area contributed by atoms with Gasteiger partial charge in [0.05, 0.1) is 5.51 Å². The topological polar surface area (TPSA) is 112 Å². The molecular formula is C8H3CrNO5S. The molecule has 0 saturated carbocycles. The summed E-state index contributed by atoms with van der Waals surface area (Å²) in [5.74, 6) is 0. The first kappa shape index (κ1) is 36.4. The molecule has 82 valence electrons. The van der Waals surface area contributed by atoms with Crippen molar-refractivity contribution in [2.45, 2.75) is 0 Å². The Bertz CT molecular complexity index is 200. The molecular weight excluding hydrogens is 274 g/mol. The second kappa shape index (κ2) is 154. The zero-order valence-corrected chi connectivity index (χ0v) is 9.63. The first-order valence-electron chi connectivity index (χ1n) is 2.34. The van der Waals surface area contributed by atoms with Gasteiger partial charge in [0.25, 0.3) is 0 Å². The quantitative estimate of drug-likeness (QED) is 0.510. The van der Waals surface area contributed by atoms with E-state index in [1.54, 1.807) is 23.0 Å². The van der Waals surface area contributed by atoms with Crippen molar-refractivity contribution in [2.75, 3.05) is 0 Å². The Morgan fingerprint density at radius 2 is 1.06 bits per heavy atom. The summed E-state index contributed by atoms with van der Waals surface area (Å²) in [5.41, 5.74) is 1.79. The Hall–Kier alpha value is -1.14. The molecule has 16 heavy (non-hydrogen) atoms. The number of hydrogen-bond acceptors (Lipinski definition) is 2. The van der Waals surface area contributed by atoms with Gasteiger partial charge in [0.15, 0.2) is 0 Å². The maximum Gasteiger partial charge on any atom is 0.0791 e. The normalized spacial score (nSPS) is 3.12. The smallest absolute Gasteiger partial charge is 0.0791 e. The van der Waals surface area contributed by atoms with Gasteiger partial charge in [0, 0.05) is 28.9 Å². The van der Waals surface area contributed by atoms with E-state index in [-0.39, 0.29) is 17.4 Å². The van der Waals surface area contributed by atoms with Crippen LogP contribution in [0.4, 0.5) is 0 Å². The Balaban J connectivity index is -0.0000000203. The van der Waals surface area contributed by atoms with Gasteiger partial charge in [-0.1, -0.05) is 0 Å². The molecule has 1 rings (SSSR count). The molecule has 0 aliphatic heterocycles. The minimum Gasteiger partial charge on any atom is -0.253 e. The van der Waals surface area contributed by atoms with E-state index >= 15 is 0 Å². The van der Waals surface area contributed by atoms with E-state index in [1.165, 1.54) is 0 Å². The second-order valence-corrected chi connectivity index (χ2v) is 1.43. The van der Waals surface area contributed by atoms with Gasteiger partial charge in [-0.2, -0.15) is 0 Å². The Morgan fingerprint density at radius 3 is 1.12 bits per heavy atom. The predicted molar refractivity (Wildman–Crippen MR) is 41.8 cm³/mol. The SMILES string of the molecule is [C-]#[O+].[C-]#[O+].[C-]#[O+].[C-]#[O+].[C-]#[O+].[Cr].c1cscn1. The van der Waals surface area contributed by atoms with E-state index in [4.69, 9.17) is 23.3 Å². The Kier molecular flexibility index (Phi) is 349. The summed E-state index contributed by atoms with van der Waals surface area (Å²) in [4.78, 5) is 3.74. The third-order valence-corrected chi connectivity index (χ3v) is 0.869. The molecule has 0 bridgehead atoms. The van der Waals surface area contributed by atoms with Crippen LogP contribution in [0.5, 0.6) is 0 Å². The van der Waals surface area contributed by atoms with Gasteiger partial charge in [0.1, 0.15) is 0 Å². The summed E-state index contributed by atoms with van der Waals surface area (Å²) in [6.45, 7) is 22.5. The zero-order valence-electron chi connectivity index (χ0n) is 7.54. The molecule has 0 aliphatic carbocycles. The maximum absolute atomic E-state index is 7.50. The van der Waals surface area contributed by atoms with Gasteiger partial charge in [-0.05, 0) is 0 Å². The van der Waals surface area contributed by atoms with Crippen molar-refractivity contribution in [2.24, 2.45) is 0 Å². The van der Waals surface area contributed by atoms with Crippen LogP contribution < -0.4 is 0 Å². The molecule has 1 aromatic rings. The van der Waals surface area contributed by atoms with E-state index in [0.29, 0.717) is 0 Å². The van der Waals surface area contributed by atoms with Gasteiger partial charge in [-0.25, -0.2) is 0 Å². The average Bonchev–Trinajstić information content (AvgIpc) is 3.00. The molecule has 0 unspecified atom stereocenters. The van der Waals surface area contributed by atoms with Crippen molar-refractivity contribution in [3.05, 3.63) is 50.3 Å². The molecule has 0 fully saturated rings. The fourth-order valence-electron chi connectivity index (χ4n) is 0.176. The average molecular weight is 277 g/mol. The van der Waals surface area contributed by atoms with Crippen LogP contribution in [-0.2, 0) is 40.6 Å². The number of aromatic nitrogens is 1. The van der Waals surface area contributed by atoms with E-state index in [0.717, 1.165) is 0 Å². The van der Waals surface area contributed by atoms with E-state index in [1.807, 2.05) is 5.38 Å². The number of hydrogen-bond donors (Lipinski definition) is 0. The van der Waals surface area contributed by atoms with Crippen LogP contribution in [0.25, 0.3) is 0 Å². The molecule has 0 spiro atoms. The number of nitrogens with zero attached hydrogens (tertiary/aromatic N) is 1. The van der Waals surface area contributed by atoms with Gasteiger partial charge in [-0.3, -0.25) is 4.98 Å². The summed E-state index contributed by atoms with van der Waals surface area (Å²) in [7, 11) is 0. The van der Waals surface area contributed by atoms with Gasteiger partial charge in [0.2, 0.25) is 0 Å². The molecule has 0 radical (unpaired) electrons. The second-order valence-electron chi connectivity index (χ2n) is 0.676. The van der Waals surface area contributed by atoms with Crippen LogP contribution in [0, 0.1) is 33.3 Å². The molecule has 0 amide bonds. The summed E-state index contributed by atoms with van der Waals surface area (Å²) < 4.78 is 37.5. The first-order valence-corrected chi connectivity index (χ1v) is 3.28.